The number of carbonyl (C=O) groups excluding carboxylic acids is 4. The van der Waals surface area contributed by atoms with Crippen molar-refractivity contribution < 1.29 is 23.9 Å². The predicted molar refractivity (Wildman–Crippen MR) is 144 cm³/mol. The van der Waals surface area contributed by atoms with Gasteiger partial charge in [0.25, 0.3) is 0 Å². The van der Waals surface area contributed by atoms with Gasteiger partial charge in [0, 0.05) is 19.5 Å². The minimum atomic E-state index is -1.71. The van der Waals surface area contributed by atoms with Gasteiger partial charge in [-0.2, -0.15) is 0 Å². The van der Waals surface area contributed by atoms with E-state index < -0.39 is 33.7 Å². The lowest BCUT2D eigenvalue weighted by molar-refractivity contribution is -0.152. The maximum absolute atomic E-state index is 13.1. The molecule has 1 heterocycles. The van der Waals surface area contributed by atoms with Gasteiger partial charge >= 0.3 is 5.97 Å². The molecule has 8 nitrogen and oxygen atoms in total. The summed E-state index contributed by atoms with van der Waals surface area (Å²) in [5.74, 6) is -2.13. The van der Waals surface area contributed by atoms with Crippen LogP contribution in [0.1, 0.15) is 45.1 Å². The number of carbonyl (C=O) groups is 4. The minimum absolute atomic E-state index is 0.148. The Morgan fingerprint density at radius 1 is 1.16 bits per heavy atom. The highest BCUT2D eigenvalue weighted by molar-refractivity contribution is 6.67. The van der Waals surface area contributed by atoms with Crippen LogP contribution in [-0.2, 0) is 30.3 Å². The number of benzene rings is 1. The lowest BCUT2D eigenvalue weighted by Gasteiger charge is -2.34. The Morgan fingerprint density at radius 3 is 2.51 bits per heavy atom. The smallest absolute Gasteiger partial charge is 0.310 e. The van der Waals surface area contributed by atoms with Crippen molar-refractivity contribution in [2.75, 3.05) is 19.7 Å². The standard InChI is InChI=1S/C26H34Cl3N3O5/c1-3-4-12-22(33)31-21(14-13-19-9-6-5-7-10-19)23(34)30-18(2)24(35)32-15-8-11-20(16-32)25(36)37-17-26(27,28)29/h3-7,9-10,18,20-21H,8,11-17H2,1-2H3,(H,30,34)(H,31,33)/b4-3+/t18-,20+,21-/m0/s1. The summed E-state index contributed by atoms with van der Waals surface area (Å²) in [4.78, 5) is 52.4. The molecule has 11 heteroatoms. The molecule has 0 saturated carbocycles. The Hall–Kier alpha value is -2.29. The van der Waals surface area contributed by atoms with Gasteiger partial charge < -0.3 is 20.3 Å². The van der Waals surface area contributed by atoms with Crippen molar-refractivity contribution in [3.8, 4) is 0 Å². The van der Waals surface area contributed by atoms with E-state index in [1.165, 1.54) is 4.90 Å². The van der Waals surface area contributed by atoms with Crippen LogP contribution in [0.4, 0.5) is 0 Å². The number of nitrogens with one attached hydrogen (secondary N) is 2. The van der Waals surface area contributed by atoms with Crippen molar-refractivity contribution in [3.05, 3.63) is 48.0 Å². The molecule has 0 unspecified atom stereocenters. The number of piperidine rings is 1. The third-order valence-electron chi connectivity index (χ3n) is 5.93. The number of amides is 3. The fraction of sp³-hybridized carbons (Fsp3) is 0.538. The lowest BCUT2D eigenvalue weighted by Crippen LogP contribution is -2.55. The molecule has 1 aromatic carbocycles. The topological polar surface area (TPSA) is 105 Å². The number of rotatable bonds is 11. The van der Waals surface area contributed by atoms with Crippen molar-refractivity contribution in [1.82, 2.24) is 15.5 Å². The van der Waals surface area contributed by atoms with Gasteiger partial charge in [-0.25, -0.2) is 0 Å². The first kappa shape index (κ1) is 30.9. The van der Waals surface area contributed by atoms with E-state index in [2.05, 4.69) is 10.6 Å². The molecule has 1 fully saturated rings. The predicted octanol–water partition coefficient (Wildman–Crippen LogP) is 3.73. The first-order valence-corrected chi connectivity index (χ1v) is 13.4. The monoisotopic (exact) mass is 573 g/mol. The number of ether oxygens (including phenoxy) is 1. The quantitative estimate of drug-likeness (QED) is 0.238. The van der Waals surface area contributed by atoms with Crippen molar-refractivity contribution >= 4 is 58.5 Å². The summed E-state index contributed by atoms with van der Waals surface area (Å²) in [6.07, 6.45) is 5.72. The zero-order valence-electron chi connectivity index (χ0n) is 21.1. The molecule has 2 rings (SSSR count). The Morgan fingerprint density at radius 2 is 1.86 bits per heavy atom. The number of alkyl halides is 3. The van der Waals surface area contributed by atoms with Gasteiger partial charge in [-0.15, -0.1) is 0 Å². The van der Waals surface area contributed by atoms with Gasteiger partial charge in [-0.3, -0.25) is 19.2 Å². The van der Waals surface area contributed by atoms with Crippen molar-refractivity contribution in [2.45, 2.75) is 61.8 Å². The number of allylic oxidation sites excluding steroid dienone is 1. The van der Waals surface area contributed by atoms with Crippen LogP contribution < -0.4 is 10.6 Å². The summed E-state index contributed by atoms with van der Waals surface area (Å²) in [6.45, 7) is 3.62. The molecule has 37 heavy (non-hydrogen) atoms. The highest BCUT2D eigenvalue weighted by Crippen LogP contribution is 2.27. The summed E-state index contributed by atoms with van der Waals surface area (Å²) in [5, 5.41) is 5.51. The average molecular weight is 575 g/mol. The highest BCUT2D eigenvalue weighted by Gasteiger charge is 2.34. The summed E-state index contributed by atoms with van der Waals surface area (Å²) in [7, 11) is 0. The van der Waals surface area contributed by atoms with Crippen LogP contribution in [-0.4, -0.2) is 64.2 Å². The van der Waals surface area contributed by atoms with Gasteiger partial charge in [0.15, 0.2) is 0 Å². The zero-order chi connectivity index (χ0) is 27.4. The van der Waals surface area contributed by atoms with Gasteiger partial charge in [0.2, 0.25) is 21.5 Å². The number of halogens is 3. The first-order chi connectivity index (χ1) is 17.5. The van der Waals surface area contributed by atoms with Gasteiger partial charge in [0.1, 0.15) is 18.7 Å². The number of aryl methyl sites for hydroxylation is 1. The van der Waals surface area contributed by atoms with E-state index in [1.807, 2.05) is 37.3 Å². The minimum Gasteiger partial charge on any atom is -0.461 e. The molecule has 0 aliphatic carbocycles. The van der Waals surface area contributed by atoms with E-state index in [9.17, 15) is 19.2 Å². The maximum atomic E-state index is 13.1. The summed E-state index contributed by atoms with van der Waals surface area (Å²) in [6, 6.07) is 7.98. The SMILES string of the molecule is C/C=C/CC(=O)N[C@@H](CCc1ccccc1)C(=O)N[C@@H](C)C(=O)N1CCC[C@@H](C(=O)OCC(Cl)(Cl)Cl)C1. The summed E-state index contributed by atoms with van der Waals surface area (Å²) >= 11 is 16.9. The molecule has 3 amide bonds. The van der Waals surface area contributed by atoms with Crippen molar-refractivity contribution in [3.63, 3.8) is 0 Å². The van der Waals surface area contributed by atoms with Crippen LogP contribution in [0.25, 0.3) is 0 Å². The molecular formula is C26H34Cl3N3O5. The normalized spacial score (nSPS) is 17.6. The lowest BCUT2D eigenvalue weighted by atomic mass is 9.97. The number of nitrogens with zero attached hydrogens (tertiary/aromatic N) is 1. The van der Waals surface area contributed by atoms with Crippen LogP contribution in [0, 0.1) is 5.92 Å². The Bertz CT molecular complexity index is 953. The van der Waals surface area contributed by atoms with E-state index in [-0.39, 0.29) is 31.4 Å². The second-order valence-electron chi connectivity index (χ2n) is 8.99. The summed E-state index contributed by atoms with van der Waals surface area (Å²) < 4.78 is 3.36. The molecule has 1 saturated heterocycles. The van der Waals surface area contributed by atoms with Crippen LogP contribution in [0.5, 0.6) is 0 Å². The van der Waals surface area contributed by atoms with Gasteiger partial charge in [0.05, 0.1) is 5.92 Å². The molecule has 1 aromatic rings. The highest BCUT2D eigenvalue weighted by atomic mass is 35.6. The van der Waals surface area contributed by atoms with E-state index in [1.54, 1.807) is 19.1 Å². The molecule has 204 valence electrons. The Labute approximate surface area is 233 Å². The van der Waals surface area contributed by atoms with Crippen LogP contribution in [0.2, 0.25) is 0 Å². The van der Waals surface area contributed by atoms with E-state index >= 15 is 0 Å². The van der Waals surface area contributed by atoms with Gasteiger partial charge in [-0.1, -0.05) is 77.3 Å². The molecule has 1 aliphatic rings. The third kappa shape index (κ3) is 11.3. The third-order valence-corrected chi connectivity index (χ3v) is 6.26. The van der Waals surface area contributed by atoms with Crippen LogP contribution in [0.15, 0.2) is 42.5 Å². The number of esters is 1. The van der Waals surface area contributed by atoms with Crippen LogP contribution >= 0.6 is 34.8 Å². The Balaban J connectivity index is 1.98. The van der Waals surface area contributed by atoms with Crippen molar-refractivity contribution in [1.29, 1.82) is 0 Å². The average Bonchev–Trinajstić information content (AvgIpc) is 2.88. The molecule has 0 aromatic heterocycles. The maximum Gasteiger partial charge on any atom is 0.310 e. The van der Waals surface area contributed by atoms with E-state index in [0.717, 1.165) is 5.56 Å². The molecule has 3 atom stereocenters. The molecular weight excluding hydrogens is 541 g/mol. The fourth-order valence-corrected chi connectivity index (χ4v) is 4.16. The number of likely N-dealkylation sites (tertiary alicyclic amines) is 1. The van der Waals surface area contributed by atoms with Gasteiger partial charge in [-0.05, 0) is 45.1 Å². The summed E-state index contributed by atoms with van der Waals surface area (Å²) in [5.41, 5.74) is 1.04. The second-order valence-corrected chi connectivity index (χ2v) is 11.5. The molecule has 1 aliphatic heterocycles. The molecule has 0 spiro atoms. The fourth-order valence-electron chi connectivity index (χ4n) is 3.99. The van der Waals surface area contributed by atoms with E-state index in [4.69, 9.17) is 39.5 Å². The molecule has 0 radical (unpaired) electrons. The van der Waals surface area contributed by atoms with Crippen LogP contribution in [0.3, 0.4) is 0 Å². The second kappa shape index (κ2) is 15.2. The first-order valence-electron chi connectivity index (χ1n) is 12.3. The number of hydrogen-bond donors (Lipinski definition) is 2. The molecule has 2 N–H and O–H groups in total. The number of hydrogen-bond acceptors (Lipinski definition) is 5. The largest absolute Gasteiger partial charge is 0.461 e. The van der Waals surface area contributed by atoms with Crippen molar-refractivity contribution in [2.24, 2.45) is 5.92 Å². The molecule has 0 bridgehead atoms. The Kier molecular flexibility index (Phi) is 12.7. The van der Waals surface area contributed by atoms with E-state index in [0.29, 0.717) is 32.2 Å². The zero-order valence-corrected chi connectivity index (χ0v) is 23.3.